The van der Waals surface area contributed by atoms with Gasteiger partial charge in [-0.3, -0.25) is 14.3 Å². The number of aromatic nitrogens is 2. The standard InChI is InChI=1S/C12H21N3O2/c1-5-9(4)7-13-10-6-11(16)15(8(2)3)12(17)14-10/h6,8-9,13H,5,7H2,1-4H3,(H,14,17). The van der Waals surface area contributed by atoms with Crippen LogP contribution in [-0.4, -0.2) is 16.1 Å². The molecule has 0 aromatic carbocycles. The quantitative estimate of drug-likeness (QED) is 0.819. The van der Waals surface area contributed by atoms with E-state index >= 15 is 0 Å². The minimum atomic E-state index is -0.362. The molecule has 0 saturated heterocycles. The SMILES string of the molecule is CCC(C)CNc1cc(=O)n(C(C)C)c(=O)[nH]1. The second-order valence-corrected chi connectivity index (χ2v) is 4.68. The van der Waals surface area contributed by atoms with Crippen molar-refractivity contribution in [2.24, 2.45) is 5.92 Å². The van der Waals surface area contributed by atoms with Crippen LogP contribution in [0.4, 0.5) is 5.82 Å². The Morgan fingerprint density at radius 2 is 2.00 bits per heavy atom. The summed E-state index contributed by atoms with van der Waals surface area (Å²) in [7, 11) is 0. The summed E-state index contributed by atoms with van der Waals surface area (Å²) in [6.07, 6.45) is 1.06. The van der Waals surface area contributed by atoms with Crippen LogP contribution in [0.15, 0.2) is 15.7 Å². The van der Waals surface area contributed by atoms with Crippen LogP contribution < -0.4 is 16.6 Å². The lowest BCUT2D eigenvalue weighted by atomic mass is 10.1. The molecule has 0 bridgehead atoms. The van der Waals surface area contributed by atoms with Gasteiger partial charge >= 0.3 is 5.69 Å². The van der Waals surface area contributed by atoms with Gasteiger partial charge in [0.05, 0.1) is 0 Å². The molecule has 0 aliphatic carbocycles. The van der Waals surface area contributed by atoms with E-state index in [4.69, 9.17) is 0 Å². The van der Waals surface area contributed by atoms with Crippen LogP contribution in [0.5, 0.6) is 0 Å². The summed E-state index contributed by atoms with van der Waals surface area (Å²) in [6.45, 7) is 8.58. The second kappa shape index (κ2) is 5.70. The van der Waals surface area contributed by atoms with Crippen LogP contribution in [0, 0.1) is 5.92 Å². The Balaban J connectivity index is 2.92. The molecule has 5 heteroatoms. The lowest BCUT2D eigenvalue weighted by molar-refractivity contribution is 0.545. The van der Waals surface area contributed by atoms with Crippen LogP contribution >= 0.6 is 0 Å². The van der Waals surface area contributed by atoms with E-state index in [1.54, 1.807) is 0 Å². The maximum atomic E-state index is 11.7. The molecule has 0 radical (unpaired) electrons. The van der Waals surface area contributed by atoms with Gasteiger partial charge in [-0.15, -0.1) is 0 Å². The topological polar surface area (TPSA) is 66.9 Å². The van der Waals surface area contributed by atoms with Crippen LogP contribution in [0.2, 0.25) is 0 Å². The van der Waals surface area contributed by atoms with E-state index in [1.165, 1.54) is 10.6 Å². The predicted molar refractivity (Wildman–Crippen MR) is 69.7 cm³/mol. The van der Waals surface area contributed by atoms with E-state index in [2.05, 4.69) is 24.1 Å². The number of hydrogen-bond acceptors (Lipinski definition) is 3. The average molecular weight is 239 g/mol. The molecule has 5 nitrogen and oxygen atoms in total. The first-order chi connectivity index (χ1) is 7.95. The van der Waals surface area contributed by atoms with Crippen molar-refractivity contribution in [3.05, 3.63) is 26.9 Å². The first-order valence-electron chi connectivity index (χ1n) is 6.05. The number of anilines is 1. The van der Waals surface area contributed by atoms with Gasteiger partial charge in [-0.05, 0) is 19.8 Å². The average Bonchev–Trinajstić information content (AvgIpc) is 2.24. The Labute approximate surface area is 101 Å². The zero-order valence-electron chi connectivity index (χ0n) is 10.9. The third-order valence-electron chi connectivity index (χ3n) is 2.82. The van der Waals surface area contributed by atoms with Crippen LogP contribution in [0.25, 0.3) is 0 Å². The summed E-state index contributed by atoms with van der Waals surface area (Å²) >= 11 is 0. The summed E-state index contributed by atoms with van der Waals surface area (Å²) in [6, 6.07) is 1.30. The number of nitrogens with one attached hydrogen (secondary N) is 2. The van der Waals surface area contributed by atoms with Crippen molar-refractivity contribution >= 4 is 5.82 Å². The summed E-state index contributed by atoms with van der Waals surface area (Å²) in [5.41, 5.74) is -0.630. The van der Waals surface area contributed by atoms with Gasteiger partial charge in [0.1, 0.15) is 5.82 Å². The summed E-state index contributed by atoms with van der Waals surface area (Å²) < 4.78 is 1.20. The van der Waals surface area contributed by atoms with E-state index in [-0.39, 0.29) is 17.3 Å². The molecular formula is C12H21N3O2. The van der Waals surface area contributed by atoms with Gasteiger partial charge in [0, 0.05) is 18.7 Å². The predicted octanol–water partition coefficient (Wildman–Crippen LogP) is 1.58. The summed E-state index contributed by atoms with van der Waals surface area (Å²) in [5.74, 6) is 1.00. The first kappa shape index (κ1) is 13.5. The fourth-order valence-corrected chi connectivity index (χ4v) is 1.52. The minimum absolute atomic E-state index is 0.130. The zero-order valence-corrected chi connectivity index (χ0v) is 10.9. The van der Waals surface area contributed by atoms with Crippen LogP contribution in [0.1, 0.15) is 40.2 Å². The van der Waals surface area contributed by atoms with Gasteiger partial charge in [-0.1, -0.05) is 20.3 Å². The van der Waals surface area contributed by atoms with E-state index in [1.807, 2.05) is 13.8 Å². The Kier molecular flexibility index (Phi) is 4.54. The Morgan fingerprint density at radius 1 is 1.35 bits per heavy atom. The molecule has 1 atom stereocenters. The van der Waals surface area contributed by atoms with Crippen LogP contribution in [0.3, 0.4) is 0 Å². The summed E-state index contributed by atoms with van der Waals surface area (Å²) in [4.78, 5) is 26.1. The first-order valence-corrected chi connectivity index (χ1v) is 6.05. The molecule has 2 N–H and O–H groups in total. The highest BCUT2D eigenvalue weighted by Gasteiger charge is 2.07. The van der Waals surface area contributed by atoms with Crippen molar-refractivity contribution < 1.29 is 0 Å². The van der Waals surface area contributed by atoms with Crippen molar-refractivity contribution in [1.29, 1.82) is 0 Å². The van der Waals surface area contributed by atoms with Crippen molar-refractivity contribution in [3.63, 3.8) is 0 Å². The highest BCUT2D eigenvalue weighted by molar-refractivity contribution is 5.31. The van der Waals surface area contributed by atoms with E-state index < -0.39 is 0 Å². The Morgan fingerprint density at radius 3 is 2.47 bits per heavy atom. The molecule has 1 heterocycles. The van der Waals surface area contributed by atoms with E-state index in [0.29, 0.717) is 11.7 Å². The fourth-order valence-electron chi connectivity index (χ4n) is 1.52. The molecule has 1 aromatic heterocycles. The van der Waals surface area contributed by atoms with Crippen molar-refractivity contribution in [2.45, 2.75) is 40.2 Å². The van der Waals surface area contributed by atoms with Gasteiger partial charge < -0.3 is 5.32 Å². The number of aromatic amines is 1. The van der Waals surface area contributed by atoms with Crippen molar-refractivity contribution in [2.75, 3.05) is 11.9 Å². The lowest BCUT2D eigenvalue weighted by Gasteiger charge is -2.13. The van der Waals surface area contributed by atoms with Crippen molar-refractivity contribution in [1.82, 2.24) is 9.55 Å². The van der Waals surface area contributed by atoms with Gasteiger partial charge in [0.15, 0.2) is 0 Å². The fraction of sp³-hybridized carbons (Fsp3) is 0.667. The minimum Gasteiger partial charge on any atom is -0.371 e. The molecule has 96 valence electrons. The molecule has 0 aliphatic rings. The van der Waals surface area contributed by atoms with E-state index in [9.17, 15) is 9.59 Å². The van der Waals surface area contributed by atoms with Crippen LogP contribution in [-0.2, 0) is 0 Å². The maximum absolute atomic E-state index is 11.7. The second-order valence-electron chi connectivity index (χ2n) is 4.68. The Bertz CT molecular complexity index is 442. The largest absolute Gasteiger partial charge is 0.371 e. The monoisotopic (exact) mass is 239 g/mol. The molecule has 1 rings (SSSR count). The molecular weight excluding hydrogens is 218 g/mol. The number of nitrogens with zero attached hydrogens (tertiary/aromatic N) is 1. The molecule has 0 aliphatic heterocycles. The molecule has 17 heavy (non-hydrogen) atoms. The smallest absolute Gasteiger partial charge is 0.330 e. The number of rotatable bonds is 5. The molecule has 0 fully saturated rings. The zero-order chi connectivity index (χ0) is 13.0. The van der Waals surface area contributed by atoms with E-state index in [0.717, 1.165) is 13.0 Å². The van der Waals surface area contributed by atoms with Gasteiger partial charge in [0.25, 0.3) is 5.56 Å². The Hall–Kier alpha value is -1.52. The molecule has 1 unspecified atom stereocenters. The van der Waals surface area contributed by atoms with Gasteiger partial charge in [-0.2, -0.15) is 0 Å². The molecule has 0 amide bonds. The molecule has 0 spiro atoms. The lowest BCUT2D eigenvalue weighted by Crippen LogP contribution is -2.36. The highest BCUT2D eigenvalue weighted by atomic mass is 16.2. The molecule has 0 saturated carbocycles. The van der Waals surface area contributed by atoms with Gasteiger partial charge in [0.2, 0.25) is 0 Å². The third kappa shape index (κ3) is 3.47. The maximum Gasteiger partial charge on any atom is 0.330 e. The number of H-pyrrole nitrogens is 1. The highest BCUT2D eigenvalue weighted by Crippen LogP contribution is 2.03. The summed E-state index contributed by atoms with van der Waals surface area (Å²) in [5, 5.41) is 3.07. The van der Waals surface area contributed by atoms with Crippen molar-refractivity contribution in [3.8, 4) is 0 Å². The normalized spacial score (nSPS) is 12.8. The third-order valence-corrected chi connectivity index (χ3v) is 2.82. The number of hydrogen-bond donors (Lipinski definition) is 2. The molecule has 1 aromatic rings. The van der Waals surface area contributed by atoms with Gasteiger partial charge in [-0.25, -0.2) is 4.79 Å².